The second kappa shape index (κ2) is 6.99. The number of hydrogen-bond donors (Lipinski definition) is 3. The second-order valence-electron chi connectivity index (χ2n) is 4.23. The topological polar surface area (TPSA) is 83.5 Å². The Morgan fingerprint density at radius 3 is 2.33 bits per heavy atom. The molecular formula is C11H10ClF6N3O3. The van der Waals surface area contributed by atoms with E-state index in [9.17, 15) is 36.2 Å². The Balaban J connectivity index is 3.02. The maximum Gasteiger partial charge on any atom is 0.444 e. The number of pyridine rings is 1. The predicted molar refractivity (Wildman–Crippen MR) is 68.6 cm³/mol. The molecule has 13 heteroatoms. The standard InChI is InChI=1S/C11H10ClF6N3O3/c1-2-24-8(22)9(23,11(16,17)18)21-20-7-6(12)3-5(4-19-7)10(13,14)15/h3-4,21,23H,2H2,1H3,(H,19,20). The van der Waals surface area contributed by atoms with Gasteiger partial charge in [-0.3, -0.25) is 0 Å². The maximum absolute atomic E-state index is 12.8. The van der Waals surface area contributed by atoms with Crippen molar-refractivity contribution in [3.8, 4) is 0 Å². The molecule has 0 bridgehead atoms. The Morgan fingerprint density at radius 1 is 1.33 bits per heavy atom. The first-order chi connectivity index (χ1) is 10.8. The Labute approximate surface area is 135 Å². The van der Waals surface area contributed by atoms with E-state index < -0.39 is 47.1 Å². The van der Waals surface area contributed by atoms with E-state index in [-0.39, 0.29) is 0 Å². The summed E-state index contributed by atoms with van der Waals surface area (Å²) in [5, 5.41) is 8.76. The molecule has 1 heterocycles. The third kappa shape index (κ3) is 4.39. The molecule has 0 saturated heterocycles. The largest absolute Gasteiger partial charge is 0.463 e. The van der Waals surface area contributed by atoms with E-state index in [2.05, 4.69) is 9.72 Å². The molecule has 3 N–H and O–H groups in total. The number of rotatable bonds is 5. The number of halogens is 7. The average molecular weight is 382 g/mol. The number of aromatic nitrogens is 1. The molecule has 6 nitrogen and oxygen atoms in total. The van der Waals surface area contributed by atoms with Crippen molar-refractivity contribution in [2.75, 3.05) is 12.0 Å². The van der Waals surface area contributed by atoms with Crippen molar-refractivity contribution in [1.29, 1.82) is 0 Å². The van der Waals surface area contributed by atoms with Crippen LogP contribution in [0.15, 0.2) is 12.3 Å². The smallest absolute Gasteiger partial charge is 0.444 e. The van der Waals surface area contributed by atoms with Crippen molar-refractivity contribution >= 4 is 23.4 Å². The molecule has 0 amide bonds. The van der Waals surface area contributed by atoms with Crippen LogP contribution in [-0.4, -0.2) is 34.6 Å². The molecular weight excluding hydrogens is 372 g/mol. The third-order valence-corrected chi connectivity index (χ3v) is 2.80. The van der Waals surface area contributed by atoms with Gasteiger partial charge < -0.3 is 15.3 Å². The molecule has 0 saturated carbocycles. The summed E-state index contributed by atoms with van der Waals surface area (Å²) in [6.45, 7) is 0.745. The molecule has 1 rings (SSSR count). The molecule has 0 fully saturated rings. The van der Waals surface area contributed by atoms with Crippen LogP contribution in [0.1, 0.15) is 12.5 Å². The minimum absolute atomic E-state index is 0.299. The third-order valence-electron chi connectivity index (χ3n) is 2.51. The Kier molecular flexibility index (Phi) is 5.90. The van der Waals surface area contributed by atoms with Gasteiger partial charge in [-0.25, -0.2) is 9.78 Å². The number of anilines is 1. The van der Waals surface area contributed by atoms with Gasteiger partial charge in [0.15, 0.2) is 5.82 Å². The molecule has 1 aromatic heterocycles. The number of ether oxygens (including phenoxy) is 1. The molecule has 0 spiro atoms. The van der Waals surface area contributed by atoms with E-state index in [1.807, 2.05) is 0 Å². The average Bonchev–Trinajstić information content (AvgIpc) is 2.43. The van der Waals surface area contributed by atoms with Crippen molar-refractivity contribution in [1.82, 2.24) is 10.4 Å². The van der Waals surface area contributed by atoms with Gasteiger partial charge in [-0.05, 0) is 13.0 Å². The summed E-state index contributed by atoms with van der Waals surface area (Å²) in [6.07, 6.45) is -9.97. The number of carbonyl (C=O) groups is 1. The van der Waals surface area contributed by atoms with Gasteiger partial charge in [-0.2, -0.15) is 31.8 Å². The Hall–Kier alpha value is -1.79. The van der Waals surface area contributed by atoms with Crippen molar-refractivity contribution < 1.29 is 41.0 Å². The van der Waals surface area contributed by atoms with Crippen LogP contribution in [0.5, 0.6) is 0 Å². The SMILES string of the molecule is CCOC(=O)C(O)(NNc1ncc(C(F)(F)F)cc1Cl)C(F)(F)F. The van der Waals surface area contributed by atoms with E-state index in [4.69, 9.17) is 11.6 Å². The minimum Gasteiger partial charge on any atom is -0.463 e. The highest BCUT2D eigenvalue weighted by atomic mass is 35.5. The van der Waals surface area contributed by atoms with Gasteiger partial charge in [-0.1, -0.05) is 11.6 Å². The molecule has 1 unspecified atom stereocenters. The first kappa shape index (κ1) is 20.3. The van der Waals surface area contributed by atoms with Crippen LogP contribution < -0.4 is 10.9 Å². The number of nitrogens with zero attached hydrogens (tertiary/aromatic N) is 1. The molecule has 1 aromatic rings. The van der Waals surface area contributed by atoms with E-state index >= 15 is 0 Å². The normalized spacial score (nSPS) is 14.9. The summed E-state index contributed by atoms with van der Waals surface area (Å²) in [4.78, 5) is 14.5. The Bertz CT molecular complexity index is 610. The molecule has 0 aliphatic carbocycles. The number of esters is 1. The predicted octanol–water partition coefficient (Wildman–Crippen LogP) is 2.48. The van der Waals surface area contributed by atoms with E-state index in [1.165, 1.54) is 12.3 Å². The van der Waals surface area contributed by atoms with Gasteiger partial charge >= 0.3 is 24.0 Å². The molecule has 0 aliphatic heterocycles. The zero-order chi connectivity index (χ0) is 18.8. The summed E-state index contributed by atoms with van der Waals surface area (Å²) in [5.41, 5.74) is -2.55. The lowest BCUT2D eigenvalue weighted by Crippen LogP contribution is -2.64. The molecule has 0 aromatic carbocycles. The zero-order valence-electron chi connectivity index (χ0n) is 11.7. The highest BCUT2D eigenvalue weighted by Crippen LogP contribution is 2.33. The molecule has 0 aliphatic rings. The number of alkyl halides is 6. The first-order valence-corrected chi connectivity index (χ1v) is 6.43. The van der Waals surface area contributed by atoms with Crippen molar-refractivity contribution in [3.63, 3.8) is 0 Å². The van der Waals surface area contributed by atoms with Gasteiger partial charge in [0.2, 0.25) is 0 Å². The molecule has 24 heavy (non-hydrogen) atoms. The van der Waals surface area contributed by atoms with E-state index in [0.29, 0.717) is 12.3 Å². The first-order valence-electron chi connectivity index (χ1n) is 6.05. The van der Waals surface area contributed by atoms with Gasteiger partial charge in [0.25, 0.3) is 0 Å². The number of hydrogen-bond acceptors (Lipinski definition) is 6. The number of aliphatic hydroxyl groups is 1. The summed E-state index contributed by atoms with van der Waals surface area (Å²) in [6, 6.07) is 0.398. The fourth-order valence-electron chi connectivity index (χ4n) is 1.31. The highest BCUT2D eigenvalue weighted by Gasteiger charge is 2.61. The van der Waals surface area contributed by atoms with Gasteiger partial charge in [0, 0.05) is 6.20 Å². The number of nitrogens with one attached hydrogen (secondary N) is 2. The van der Waals surface area contributed by atoms with E-state index in [0.717, 1.165) is 0 Å². The van der Waals surface area contributed by atoms with E-state index in [1.54, 1.807) is 5.43 Å². The summed E-state index contributed by atoms with van der Waals surface area (Å²) in [5.74, 6) is -2.76. The fourth-order valence-corrected chi connectivity index (χ4v) is 1.52. The monoisotopic (exact) mass is 381 g/mol. The van der Waals surface area contributed by atoms with Crippen molar-refractivity contribution in [2.24, 2.45) is 0 Å². The lowest BCUT2D eigenvalue weighted by atomic mass is 10.2. The fraction of sp³-hybridized carbons (Fsp3) is 0.455. The lowest BCUT2D eigenvalue weighted by Gasteiger charge is -2.29. The summed E-state index contributed by atoms with van der Waals surface area (Å²) < 4.78 is 80.0. The van der Waals surface area contributed by atoms with Gasteiger partial charge in [-0.15, -0.1) is 0 Å². The zero-order valence-corrected chi connectivity index (χ0v) is 12.5. The minimum atomic E-state index is -5.51. The van der Waals surface area contributed by atoms with Crippen molar-refractivity contribution in [3.05, 3.63) is 22.8 Å². The molecule has 0 radical (unpaired) electrons. The van der Waals surface area contributed by atoms with Crippen LogP contribution in [0.3, 0.4) is 0 Å². The summed E-state index contributed by atoms with van der Waals surface area (Å²) in [7, 11) is 0. The Morgan fingerprint density at radius 2 is 1.92 bits per heavy atom. The summed E-state index contributed by atoms with van der Waals surface area (Å²) >= 11 is 5.48. The second-order valence-corrected chi connectivity index (χ2v) is 4.64. The van der Waals surface area contributed by atoms with Crippen LogP contribution in [0, 0.1) is 0 Å². The van der Waals surface area contributed by atoms with Crippen LogP contribution in [-0.2, 0) is 15.7 Å². The van der Waals surface area contributed by atoms with Crippen LogP contribution >= 0.6 is 11.6 Å². The van der Waals surface area contributed by atoms with Crippen molar-refractivity contribution in [2.45, 2.75) is 25.0 Å². The quantitative estimate of drug-likeness (QED) is 0.314. The van der Waals surface area contributed by atoms with Gasteiger partial charge in [0.1, 0.15) is 0 Å². The lowest BCUT2D eigenvalue weighted by molar-refractivity contribution is -0.271. The maximum atomic E-state index is 12.8. The van der Waals surface area contributed by atoms with Crippen LogP contribution in [0.4, 0.5) is 32.2 Å². The van der Waals surface area contributed by atoms with Gasteiger partial charge in [0.05, 0.1) is 17.2 Å². The number of carbonyl (C=O) groups excluding carboxylic acids is 1. The van der Waals surface area contributed by atoms with Crippen LogP contribution in [0.25, 0.3) is 0 Å². The molecule has 136 valence electrons. The van der Waals surface area contributed by atoms with Crippen LogP contribution in [0.2, 0.25) is 5.02 Å². The highest BCUT2D eigenvalue weighted by molar-refractivity contribution is 6.32. The molecule has 1 atom stereocenters. The number of hydrazine groups is 1.